The summed E-state index contributed by atoms with van der Waals surface area (Å²) in [5.41, 5.74) is 2.34. The summed E-state index contributed by atoms with van der Waals surface area (Å²) in [6, 6.07) is 18.6. The number of benzene rings is 3. The van der Waals surface area contributed by atoms with E-state index in [0.29, 0.717) is 23.6 Å². The summed E-state index contributed by atoms with van der Waals surface area (Å²) in [6.45, 7) is 4.24. The van der Waals surface area contributed by atoms with Crippen molar-refractivity contribution in [1.82, 2.24) is 0 Å². The molecule has 1 saturated heterocycles. The highest BCUT2D eigenvalue weighted by atomic mass is 19.1. The second-order valence-corrected chi connectivity index (χ2v) is 7.52. The van der Waals surface area contributed by atoms with E-state index in [-0.39, 0.29) is 16.9 Å². The Hall–Kier alpha value is -3.93. The Morgan fingerprint density at radius 3 is 2.38 bits per heavy atom. The van der Waals surface area contributed by atoms with Crippen molar-refractivity contribution in [2.75, 3.05) is 11.5 Å². The normalized spacial score (nSPS) is 17.6. The zero-order chi connectivity index (χ0) is 22.8. The SMILES string of the molecule is CCOc1cccc(C2/C(=C(/O)c3ccc(F)cc3)C(=O)C(=O)N2c2ccc(C)cc2)c1. The third-order valence-corrected chi connectivity index (χ3v) is 5.36. The number of carbonyl (C=O) groups is 2. The minimum absolute atomic E-state index is 0.0594. The van der Waals surface area contributed by atoms with Gasteiger partial charge in [-0.2, -0.15) is 0 Å². The van der Waals surface area contributed by atoms with Gasteiger partial charge >= 0.3 is 0 Å². The molecule has 1 aliphatic rings. The van der Waals surface area contributed by atoms with Crippen LogP contribution in [-0.4, -0.2) is 23.4 Å². The molecule has 0 spiro atoms. The molecule has 0 radical (unpaired) electrons. The second-order valence-electron chi connectivity index (χ2n) is 7.52. The molecule has 1 unspecified atom stereocenters. The summed E-state index contributed by atoms with van der Waals surface area (Å²) in [5, 5.41) is 11.0. The van der Waals surface area contributed by atoms with Crippen molar-refractivity contribution >= 4 is 23.1 Å². The van der Waals surface area contributed by atoms with Crippen molar-refractivity contribution in [3.63, 3.8) is 0 Å². The lowest BCUT2D eigenvalue weighted by Crippen LogP contribution is -2.29. The summed E-state index contributed by atoms with van der Waals surface area (Å²) in [6.07, 6.45) is 0. The highest BCUT2D eigenvalue weighted by Gasteiger charge is 2.47. The molecule has 1 N–H and O–H groups in total. The number of halogens is 1. The second kappa shape index (κ2) is 8.67. The van der Waals surface area contributed by atoms with Crippen molar-refractivity contribution in [2.45, 2.75) is 19.9 Å². The highest BCUT2D eigenvalue weighted by Crippen LogP contribution is 2.42. The predicted octanol–water partition coefficient (Wildman–Crippen LogP) is 5.16. The maximum absolute atomic E-state index is 13.4. The predicted molar refractivity (Wildman–Crippen MR) is 120 cm³/mol. The first-order valence-electron chi connectivity index (χ1n) is 10.3. The molecule has 1 fully saturated rings. The lowest BCUT2D eigenvalue weighted by Gasteiger charge is -2.26. The standard InChI is InChI=1S/C26H22FNO4/c1-3-32-21-6-4-5-18(15-21)23-22(24(29)17-9-11-19(27)12-10-17)25(30)26(31)28(23)20-13-7-16(2)8-14-20/h4-15,23,29H,3H2,1-2H3/b24-22-. The topological polar surface area (TPSA) is 66.8 Å². The van der Waals surface area contributed by atoms with Gasteiger partial charge in [0.25, 0.3) is 11.7 Å². The smallest absolute Gasteiger partial charge is 0.300 e. The van der Waals surface area contributed by atoms with E-state index < -0.39 is 23.5 Å². The van der Waals surface area contributed by atoms with E-state index in [1.54, 1.807) is 36.4 Å². The number of Topliss-reactive ketones (excluding diaryl/α,β-unsaturated/α-hetero) is 1. The van der Waals surface area contributed by atoms with Crippen LogP contribution in [0.2, 0.25) is 0 Å². The highest BCUT2D eigenvalue weighted by molar-refractivity contribution is 6.51. The van der Waals surface area contributed by atoms with Gasteiger partial charge in [0.15, 0.2) is 0 Å². The number of nitrogens with zero attached hydrogens (tertiary/aromatic N) is 1. The quantitative estimate of drug-likeness (QED) is 0.344. The molecule has 0 aromatic heterocycles. The fourth-order valence-electron chi connectivity index (χ4n) is 3.82. The van der Waals surface area contributed by atoms with Gasteiger partial charge in [0.2, 0.25) is 0 Å². The van der Waals surface area contributed by atoms with Crippen molar-refractivity contribution in [2.24, 2.45) is 0 Å². The van der Waals surface area contributed by atoms with Crippen LogP contribution in [0.25, 0.3) is 5.76 Å². The largest absolute Gasteiger partial charge is 0.507 e. The van der Waals surface area contributed by atoms with Crippen LogP contribution in [0.1, 0.15) is 29.7 Å². The van der Waals surface area contributed by atoms with Crippen molar-refractivity contribution in [1.29, 1.82) is 0 Å². The summed E-state index contributed by atoms with van der Waals surface area (Å²) in [5.74, 6) is -1.79. The van der Waals surface area contributed by atoms with Gasteiger partial charge in [0.05, 0.1) is 18.2 Å². The van der Waals surface area contributed by atoms with E-state index in [1.807, 2.05) is 26.0 Å². The Bertz CT molecular complexity index is 1200. The molecule has 3 aromatic rings. The van der Waals surface area contributed by atoms with Crippen LogP contribution >= 0.6 is 0 Å². The molecule has 5 nitrogen and oxygen atoms in total. The fraction of sp³-hybridized carbons (Fsp3) is 0.154. The summed E-state index contributed by atoms with van der Waals surface area (Å²) >= 11 is 0. The van der Waals surface area contributed by atoms with Gasteiger partial charge in [-0.05, 0) is 67.9 Å². The van der Waals surface area contributed by atoms with Crippen LogP contribution in [0.15, 0.2) is 78.4 Å². The number of aliphatic hydroxyl groups excluding tert-OH is 1. The van der Waals surface area contributed by atoms with Crippen molar-refractivity contribution < 1.29 is 23.8 Å². The Balaban J connectivity index is 1.93. The molecule has 6 heteroatoms. The molecular formula is C26H22FNO4. The maximum atomic E-state index is 13.4. The molecule has 1 amide bonds. The summed E-state index contributed by atoms with van der Waals surface area (Å²) in [7, 11) is 0. The number of aliphatic hydroxyl groups is 1. The van der Waals surface area contributed by atoms with Crippen LogP contribution in [-0.2, 0) is 9.59 Å². The molecule has 4 rings (SSSR count). The van der Waals surface area contributed by atoms with E-state index in [1.165, 1.54) is 29.2 Å². The molecule has 162 valence electrons. The molecule has 3 aromatic carbocycles. The molecule has 32 heavy (non-hydrogen) atoms. The monoisotopic (exact) mass is 431 g/mol. The third-order valence-electron chi connectivity index (χ3n) is 5.36. The summed E-state index contributed by atoms with van der Waals surface area (Å²) in [4.78, 5) is 27.6. The zero-order valence-corrected chi connectivity index (χ0v) is 17.7. The minimum atomic E-state index is -0.872. The Morgan fingerprint density at radius 1 is 1.03 bits per heavy atom. The van der Waals surface area contributed by atoms with E-state index >= 15 is 0 Å². The number of amides is 1. The van der Waals surface area contributed by atoms with Gasteiger partial charge in [-0.3, -0.25) is 14.5 Å². The Labute approximate surface area is 185 Å². The average Bonchev–Trinajstić information content (AvgIpc) is 3.05. The first-order valence-corrected chi connectivity index (χ1v) is 10.3. The van der Waals surface area contributed by atoms with E-state index in [9.17, 15) is 19.1 Å². The van der Waals surface area contributed by atoms with Gasteiger partial charge in [-0.25, -0.2) is 4.39 Å². The van der Waals surface area contributed by atoms with Gasteiger partial charge in [0.1, 0.15) is 17.3 Å². The molecule has 0 aliphatic carbocycles. The fourth-order valence-corrected chi connectivity index (χ4v) is 3.82. The lowest BCUT2D eigenvalue weighted by molar-refractivity contribution is -0.132. The number of anilines is 1. The molecule has 1 aliphatic heterocycles. The van der Waals surface area contributed by atoms with E-state index in [4.69, 9.17) is 4.74 Å². The molecule has 0 saturated carbocycles. The average molecular weight is 431 g/mol. The van der Waals surface area contributed by atoms with Crippen LogP contribution in [0.3, 0.4) is 0 Å². The Kier molecular flexibility index (Phi) is 5.77. The van der Waals surface area contributed by atoms with Crippen LogP contribution < -0.4 is 9.64 Å². The van der Waals surface area contributed by atoms with Gasteiger partial charge in [0, 0.05) is 11.3 Å². The number of aryl methyl sites for hydroxylation is 1. The lowest BCUT2D eigenvalue weighted by atomic mass is 9.95. The minimum Gasteiger partial charge on any atom is -0.507 e. The number of ether oxygens (including phenoxy) is 1. The van der Waals surface area contributed by atoms with Crippen molar-refractivity contribution in [3.8, 4) is 5.75 Å². The third kappa shape index (κ3) is 3.87. The molecule has 0 bridgehead atoms. The van der Waals surface area contributed by atoms with Crippen LogP contribution in [0.5, 0.6) is 5.75 Å². The van der Waals surface area contributed by atoms with Gasteiger partial charge in [-0.15, -0.1) is 0 Å². The number of hydrogen-bond acceptors (Lipinski definition) is 4. The van der Waals surface area contributed by atoms with Crippen molar-refractivity contribution in [3.05, 3.63) is 101 Å². The number of rotatable bonds is 5. The molecule has 1 atom stereocenters. The van der Waals surface area contributed by atoms with Gasteiger partial charge < -0.3 is 9.84 Å². The van der Waals surface area contributed by atoms with Gasteiger partial charge in [-0.1, -0.05) is 29.8 Å². The first-order chi connectivity index (χ1) is 15.4. The Morgan fingerprint density at radius 2 is 1.72 bits per heavy atom. The number of ketones is 1. The number of carbonyl (C=O) groups excluding carboxylic acids is 2. The number of hydrogen-bond donors (Lipinski definition) is 1. The zero-order valence-electron chi connectivity index (χ0n) is 17.7. The van der Waals surface area contributed by atoms with E-state index in [0.717, 1.165) is 5.56 Å². The molecular weight excluding hydrogens is 409 g/mol. The first kappa shape index (κ1) is 21.3. The van der Waals surface area contributed by atoms with E-state index in [2.05, 4.69) is 0 Å². The molecule has 1 heterocycles. The summed E-state index contributed by atoms with van der Waals surface area (Å²) < 4.78 is 19.0. The maximum Gasteiger partial charge on any atom is 0.300 e. The van der Waals surface area contributed by atoms with Crippen LogP contribution in [0, 0.1) is 12.7 Å². The van der Waals surface area contributed by atoms with Crippen LogP contribution in [0.4, 0.5) is 10.1 Å².